The van der Waals surface area contributed by atoms with Crippen molar-refractivity contribution < 1.29 is 9.59 Å². The van der Waals surface area contributed by atoms with E-state index >= 15 is 0 Å². The zero-order valence-corrected chi connectivity index (χ0v) is 12.0. The van der Waals surface area contributed by atoms with Gasteiger partial charge in [0.2, 0.25) is 11.8 Å². The Balaban J connectivity index is 2.26. The monoisotopic (exact) mass is 259 g/mol. The van der Waals surface area contributed by atoms with Crippen molar-refractivity contribution in [1.29, 1.82) is 0 Å². The van der Waals surface area contributed by atoms with Crippen LogP contribution in [0.4, 0.5) is 0 Å². The molecule has 1 aromatic rings. The van der Waals surface area contributed by atoms with Crippen molar-refractivity contribution in [1.82, 2.24) is 5.32 Å². The fraction of sp³-hybridized carbons (Fsp3) is 0.500. The molecular weight excluding hydrogens is 238 g/mol. The number of amides is 2. The Labute approximate surface area is 114 Å². The smallest absolute Gasteiger partial charge is 0.230 e. The van der Waals surface area contributed by atoms with E-state index in [-0.39, 0.29) is 29.1 Å². The third-order valence-electron chi connectivity index (χ3n) is 3.89. The van der Waals surface area contributed by atoms with E-state index in [4.69, 9.17) is 0 Å². The first-order chi connectivity index (χ1) is 8.79. The van der Waals surface area contributed by atoms with E-state index in [1.807, 2.05) is 19.1 Å². The predicted molar refractivity (Wildman–Crippen MR) is 74.8 cm³/mol. The minimum atomic E-state index is -0.173. The normalized spacial score (nSPS) is 24.2. The summed E-state index contributed by atoms with van der Waals surface area (Å²) in [6.45, 7) is 8.39. The van der Waals surface area contributed by atoms with Crippen LogP contribution in [0.25, 0.3) is 0 Å². The lowest BCUT2D eigenvalue weighted by Crippen LogP contribution is -2.43. The van der Waals surface area contributed by atoms with Gasteiger partial charge in [-0.3, -0.25) is 14.9 Å². The highest BCUT2D eigenvalue weighted by Crippen LogP contribution is 2.32. The molecule has 0 spiro atoms. The third-order valence-corrected chi connectivity index (χ3v) is 3.89. The molecule has 3 heteroatoms. The highest BCUT2D eigenvalue weighted by atomic mass is 16.2. The van der Waals surface area contributed by atoms with Crippen LogP contribution in [0.1, 0.15) is 51.2 Å². The maximum Gasteiger partial charge on any atom is 0.230 e. The van der Waals surface area contributed by atoms with Crippen LogP contribution in [0.3, 0.4) is 0 Å². The minimum absolute atomic E-state index is 0.00438. The number of carbonyl (C=O) groups excluding carboxylic acids is 2. The Bertz CT molecular complexity index is 496. The molecule has 3 nitrogen and oxygen atoms in total. The average Bonchev–Trinajstić information content (AvgIpc) is 2.33. The number of hydrogen-bond acceptors (Lipinski definition) is 2. The average molecular weight is 259 g/mol. The standard InChI is InChI=1S/C16H21NO2/c1-10-13(9-14(18)17-15(10)19)11-5-7-12(8-6-11)16(2,3)4/h5-8,10,13H,9H2,1-4H3,(H,17,18,19). The molecule has 1 fully saturated rings. The number of nitrogens with one attached hydrogen (secondary N) is 1. The number of rotatable bonds is 1. The molecule has 1 heterocycles. The van der Waals surface area contributed by atoms with Gasteiger partial charge in [-0.25, -0.2) is 0 Å². The molecule has 1 aliphatic heterocycles. The molecule has 0 radical (unpaired) electrons. The molecule has 1 saturated heterocycles. The van der Waals surface area contributed by atoms with Gasteiger partial charge >= 0.3 is 0 Å². The van der Waals surface area contributed by atoms with Gasteiger partial charge in [0.1, 0.15) is 0 Å². The molecular formula is C16H21NO2. The van der Waals surface area contributed by atoms with Gasteiger partial charge in [-0.1, -0.05) is 52.0 Å². The van der Waals surface area contributed by atoms with E-state index in [1.54, 1.807) is 0 Å². The topological polar surface area (TPSA) is 46.2 Å². The van der Waals surface area contributed by atoms with Gasteiger partial charge in [0.25, 0.3) is 0 Å². The molecule has 102 valence electrons. The zero-order valence-electron chi connectivity index (χ0n) is 12.0. The van der Waals surface area contributed by atoms with Gasteiger partial charge in [-0.15, -0.1) is 0 Å². The summed E-state index contributed by atoms with van der Waals surface area (Å²) in [5, 5.41) is 2.39. The van der Waals surface area contributed by atoms with Gasteiger partial charge in [0.15, 0.2) is 0 Å². The van der Waals surface area contributed by atoms with E-state index in [0.717, 1.165) is 5.56 Å². The molecule has 0 aliphatic carbocycles. The molecule has 2 atom stereocenters. The van der Waals surface area contributed by atoms with Crippen LogP contribution in [0, 0.1) is 5.92 Å². The largest absolute Gasteiger partial charge is 0.296 e. The summed E-state index contributed by atoms with van der Waals surface area (Å²) in [7, 11) is 0. The van der Waals surface area contributed by atoms with Crippen molar-refractivity contribution in [2.75, 3.05) is 0 Å². The molecule has 1 aromatic carbocycles. The SMILES string of the molecule is CC1C(=O)NC(=O)CC1c1ccc(C(C)(C)C)cc1. The molecule has 2 unspecified atom stereocenters. The summed E-state index contributed by atoms with van der Waals surface area (Å²) in [5.74, 6) is -0.498. The highest BCUT2D eigenvalue weighted by molar-refractivity contribution is 5.99. The first-order valence-corrected chi connectivity index (χ1v) is 6.73. The lowest BCUT2D eigenvalue weighted by molar-refractivity contribution is -0.136. The Morgan fingerprint density at radius 3 is 2.21 bits per heavy atom. The van der Waals surface area contributed by atoms with Crippen molar-refractivity contribution in [3.63, 3.8) is 0 Å². The van der Waals surface area contributed by atoms with Crippen molar-refractivity contribution in [2.45, 2.75) is 45.4 Å². The van der Waals surface area contributed by atoms with Gasteiger partial charge in [-0.05, 0) is 16.5 Å². The Hall–Kier alpha value is -1.64. The van der Waals surface area contributed by atoms with Crippen molar-refractivity contribution in [2.24, 2.45) is 5.92 Å². The van der Waals surface area contributed by atoms with Gasteiger partial charge < -0.3 is 0 Å². The fourth-order valence-corrected chi connectivity index (χ4v) is 2.50. The molecule has 0 saturated carbocycles. The molecule has 2 rings (SSSR count). The predicted octanol–water partition coefficient (Wildman–Crippen LogP) is 2.75. The fourth-order valence-electron chi connectivity index (χ4n) is 2.50. The lowest BCUT2D eigenvalue weighted by atomic mass is 9.79. The second-order valence-corrected chi connectivity index (χ2v) is 6.38. The summed E-state index contributed by atoms with van der Waals surface area (Å²) in [6.07, 6.45) is 0.391. The maximum absolute atomic E-state index is 11.7. The quantitative estimate of drug-likeness (QED) is 0.788. The second kappa shape index (κ2) is 4.80. The summed E-state index contributed by atoms with van der Waals surface area (Å²) in [6, 6.07) is 8.29. The highest BCUT2D eigenvalue weighted by Gasteiger charge is 2.33. The van der Waals surface area contributed by atoms with Gasteiger partial charge in [0, 0.05) is 18.3 Å². The number of piperidine rings is 1. The van der Waals surface area contributed by atoms with Gasteiger partial charge in [-0.2, -0.15) is 0 Å². The number of imide groups is 1. The first kappa shape index (κ1) is 13.8. The minimum Gasteiger partial charge on any atom is -0.296 e. The van der Waals surface area contributed by atoms with Crippen LogP contribution < -0.4 is 5.32 Å². The Morgan fingerprint density at radius 1 is 1.11 bits per heavy atom. The van der Waals surface area contributed by atoms with Crippen molar-refractivity contribution in [3.05, 3.63) is 35.4 Å². The van der Waals surface area contributed by atoms with E-state index in [2.05, 4.69) is 38.2 Å². The van der Waals surface area contributed by atoms with E-state index in [9.17, 15) is 9.59 Å². The number of benzene rings is 1. The number of hydrogen-bond donors (Lipinski definition) is 1. The molecule has 0 bridgehead atoms. The van der Waals surface area contributed by atoms with Crippen LogP contribution in [0.5, 0.6) is 0 Å². The summed E-state index contributed by atoms with van der Waals surface area (Å²) >= 11 is 0. The summed E-state index contributed by atoms with van der Waals surface area (Å²) in [4.78, 5) is 23.2. The molecule has 1 aliphatic rings. The Morgan fingerprint density at radius 2 is 1.68 bits per heavy atom. The molecule has 0 aromatic heterocycles. The van der Waals surface area contributed by atoms with Crippen LogP contribution in [0.2, 0.25) is 0 Å². The third kappa shape index (κ3) is 2.86. The molecule has 1 N–H and O–H groups in total. The zero-order chi connectivity index (χ0) is 14.2. The van der Waals surface area contributed by atoms with Crippen molar-refractivity contribution >= 4 is 11.8 Å². The molecule has 19 heavy (non-hydrogen) atoms. The van der Waals surface area contributed by atoms with E-state index < -0.39 is 0 Å². The van der Waals surface area contributed by atoms with E-state index in [1.165, 1.54) is 5.56 Å². The van der Waals surface area contributed by atoms with Crippen LogP contribution >= 0.6 is 0 Å². The van der Waals surface area contributed by atoms with Gasteiger partial charge in [0.05, 0.1) is 0 Å². The summed E-state index contributed by atoms with van der Waals surface area (Å²) in [5.41, 5.74) is 2.45. The number of carbonyl (C=O) groups is 2. The lowest BCUT2D eigenvalue weighted by Gasteiger charge is -2.28. The second-order valence-electron chi connectivity index (χ2n) is 6.38. The maximum atomic E-state index is 11.7. The Kier molecular flexibility index (Phi) is 3.48. The summed E-state index contributed by atoms with van der Waals surface area (Å²) < 4.78 is 0. The van der Waals surface area contributed by atoms with Crippen LogP contribution in [0.15, 0.2) is 24.3 Å². The van der Waals surface area contributed by atoms with E-state index in [0.29, 0.717) is 6.42 Å². The van der Waals surface area contributed by atoms with Crippen LogP contribution in [-0.2, 0) is 15.0 Å². The van der Waals surface area contributed by atoms with Crippen molar-refractivity contribution in [3.8, 4) is 0 Å². The molecule has 2 amide bonds. The van der Waals surface area contributed by atoms with Crippen LogP contribution in [-0.4, -0.2) is 11.8 Å². The first-order valence-electron chi connectivity index (χ1n) is 6.73.